The van der Waals surface area contributed by atoms with Gasteiger partial charge in [0.15, 0.2) is 0 Å². The topological polar surface area (TPSA) is 117 Å². The van der Waals surface area contributed by atoms with Crippen molar-refractivity contribution in [3.63, 3.8) is 0 Å². The fourth-order valence-corrected chi connectivity index (χ4v) is 4.57. The molecule has 4 amide bonds. The number of likely N-dealkylation sites (N-methyl/N-ethyl adjacent to an activating group) is 2. The van der Waals surface area contributed by atoms with Crippen LogP contribution in [0.3, 0.4) is 0 Å². The third-order valence-electron chi connectivity index (χ3n) is 6.87. The molecule has 1 heterocycles. The number of carbonyl (C=O) groups excluding carboxylic acids is 4. The SMILES string of the molecule is CCN1CCOc2ccccc2C(=O)N[C@H](C(=O)N(C)CCOc2ccc(C)cc2)CC(=O)N[C@@H](CC(C)C)C1=O. The predicted octanol–water partition coefficient (Wildman–Crippen LogP) is 2.79. The van der Waals surface area contributed by atoms with E-state index in [1.807, 2.05) is 52.0 Å². The predicted molar refractivity (Wildman–Crippen MR) is 156 cm³/mol. The zero-order valence-corrected chi connectivity index (χ0v) is 24.6. The average Bonchev–Trinajstić information content (AvgIpc) is 2.94. The fraction of sp³-hybridized carbons (Fsp3) is 0.484. The number of ether oxygens (including phenoxy) is 2. The van der Waals surface area contributed by atoms with Crippen molar-refractivity contribution >= 4 is 23.6 Å². The summed E-state index contributed by atoms with van der Waals surface area (Å²) in [5.41, 5.74) is 1.35. The Kier molecular flexibility index (Phi) is 11.6. The lowest BCUT2D eigenvalue weighted by Crippen LogP contribution is -2.54. The van der Waals surface area contributed by atoms with Crippen molar-refractivity contribution in [1.82, 2.24) is 20.4 Å². The molecule has 222 valence electrons. The van der Waals surface area contributed by atoms with Crippen LogP contribution in [0.25, 0.3) is 0 Å². The van der Waals surface area contributed by atoms with Crippen LogP contribution in [0.2, 0.25) is 0 Å². The maximum atomic E-state index is 13.5. The smallest absolute Gasteiger partial charge is 0.255 e. The number of fused-ring (bicyclic) bond motifs is 1. The number of benzene rings is 2. The van der Waals surface area contributed by atoms with Crippen molar-refractivity contribution in [2.24, 2.45) is 5.92 Å². The van der Waals surface area contributed by atoms with Crippen LogP contribution in [0.15, 0.2) is 48.5 Å². The maximum Gasteiger partial charge on any atom is 0.255 e. The van der Waals surface area contributed by atoms with Gasteiger partial charge in [0, 0.05) is 13.6 Å². The number of para-hydroxylation sites is 1. The van der Waals surface area contributed by atoms with Crippen molar-refractivity contribution < 1.29 is 28.7 Å². The number of amides is 4. The van der Waals surface area contributed by atoms with E-state index in [-0.39, 0.29) is 43.6 Å². The molecule has 1 aliphatic heterocycles. The van der Waals surface area contributed by atoms with Crippen LogP contribution in [0.5, 0.6) is 11.5 Å². The Hall–Kier alpha value is -4.08. The minimum absolute atomic E-state index is 0.141. The van der Waals surface area contributed by atoms with E-state index in [0.29, 0.717) is 31.0 Å². The molecule has 10 heteroatoms. The highest BCUT2D eigenvalue weighted by molar-refractivity contribution is 6.01. The normalized spacial score (nSPS) is 18.5. The molecule has 2 N–H and O–H groups in total. The summed E-state index contributed by atoms with van der Waals surface area (Å²) >= 11 is 0. The number of rotatable bonds is 8. The second kappa shape index (κ2) is 15.1. The van der Waals surface area contributed by atoms with Crippen molar-refractivity contribution in [2.45, 2.75) is 52.6 Å². The van der Waals surface area contributed by atoms with Crippen molar-refractivity contribution in [1.29, 1.82) is 0 Å². The van der Waals surface area contributed by atoms with Gasteiger partial charge in [-0.1, -0.05) is 43.7 Å². The summed E-state index contributed by atoms with van der Waals surface area (Å²) in [6.07, 6.45) is 0.108. The summed E-state index contributed by atoms with van der Waals surface area (Å²) in [5, 5.41) is 5.56. The summed E-state index contributed by atoms with van der Waals surface area (Å²) in [6.45, 7) is 9.16. The molecule has 2 aromatic rings. The van der Waals surface area contributed by atoms with Crippen LogP contribution >= 0.6 is 0 Å². The van der Waals surface area contributed by atoms with Crippen molar-refractivity contribution in [3.8, 4) is 11.5 Å². The van der Waals surface area contributed by atoms with Gasteiger partial charge >= 0.3 is 0 Å². The Morgan fingerprint density at radius 2 is 1.80 bits per heavy atom. The summed E-state index contributed by atoms with van der Waals surface area (Å²) in [4.78, 5) is 56.6. The minimum atomic E-state index is -1.17. The van der Waals surface area contributed by atoms with Crippen LogP contribution < -0.4 is 20.1 Å². The van der Waals surface area contributed by atoms with E-state index in [4.69, 9.17) is 9.47 Å². The molecular weight excluding hydrogens is 524 g/mol. The van der Waals surface area contributed by atoms with E-state index >= 15 is 0 Å². The van der Waals surface area contributed by atoms with Gasteiger partial charge in [0.2, 0.25) is 17.7 Å². The lowest BCUT2D eigenvalue weighted by atomic mass is 10.0. The Labute approximate surface area is 242 Å². The highest BCUT2D eigenvalue weighted by Gasteiger charge is 2.31. The molecule has 0 aliphatic carbocycles. The lowest BCUT2D eigenvalue weighted by molar-refractivity contribution is -0.138. The van der Waals surface area contributed by atoms with Crippen LogP contribution in [-0.2, 0) is 14.4 Å². The van der Waals surface area contributed by atoms with Crippen molar-refractivity contribution in [3.05, 3.63) is 59.7 Å². The first kappa shape index (κ1) is 31.4. The molecule has 0 spiro atoms. The van der Waals surface area contributed by atoms with E-state index in [1.165, 1.54) is 4.90 Å². The van der Waals surface area contributed by atoms with Gasteiger partial charge in [-0.2, -0.15) is 0 Å². The lowest BCUT2D eigenvalue weighted by Gasteiger charge is -2.29. The summed E-state index contributed by atoms with van der Waals surface area (Å²) in [6, 6.07) is 12.4. The van der Waals surface area contributed by atoms with Crippen LogP contribution in [0.1, 0.15) is 49.5 Å². The van der Waals surface area contributed by atoms with E-state index in [1.54, 1.807) is 36.2 Å². The van der Waals surface area contributed by atoms with E-state index in [2.05, 4.69) is 10.6 Å². The van der Waals surface area contributed by atoms with Gasteiger partial charge in [-0.15, -0.1) is 0 Å². The molecule has 0 saturated heterocycles. The molecule has 0 radical (unpaired) electrons. The summed E-state index contributed by atoms with van der Waals surface area (Å²) < 4.78 is 11.7. The molecule has 0 saturated carbocycles. The molecule has 0 bridgehead atoms. The van der Waals surface area contributed by atoms with Gasteiger partial charge in [-0.25, -0.2) is 0 Å². The Bertz CT molecular complexity index is 1200. The molecular formula is C31H42N4O6. The molecule has 1 aliphatic rings. The number of nitrogens with zero attached hydrogens (tertiary/aromatic N) is 2. The second-order valence-corrected chi connectivity index (χ2v) is 10.7. The van der Waals surface area contributed by atoms with Crippen molar-refractivity contribution in [2.75, 3.05) is 39.9 Å². The molecule has 0 aromatic heterocycles. The summed E-state index contributed by atoms with van der Waals surface area (Å²) in [5.74, 6) is -0.531. The van der Waals surface area contributed by atoms with Gasteiger partial charge < -0.3 is 29.9 Å². The standard InChI is InChI=1S/C31H42N4O6/c1-6-35-16-18-41-27-10-8-7-9-24(27)29(37)33-26(20-28(36)32-25(31(35)39)19-21(2)3)30(38)34(5)15-17-40-23-13-11-22(4)12-14-23/h7-14,21,25-26H,6,15-20H2,1-5H3,(H,32,36)(H,33,37)/t25-,26-/m0/s1. The first-order chi connectivity index (χ1) is 19.6. The molecule has 2 atom stereocenters. The molecule has 41 heavy (non-hydrogen) atoms. The van der Waals surface area contributed by atoms with E-state index in [9.17, 15) is 19.2 Å². The molecule has 2 aromatic carbocycles. The number of nitrogens with one attached hydrogen (secondary N) is 2. The Morgan fingerprint density at radius 3 is 2.49 bits per heavy atom. The molecule has 3 rings (SSSR count). The Morgan fingerprint density at radius 1 is 1.10 bits per heavy atom. The largest absolute Gasteiger partial charge is 0.492 e. The zero-order valence-electron chi connectivity index (χ0n) is 24.6. The van der Waals surface area contributed by atoms with E-state index < -0.39 is 29.8 Å². The number of hydrogen-bond acceptors (Lipinski definition) is 6. The van der Waals surface area contributed by atoms with Gasteiger partial charge in [-0.05, 0) is 50.5 Å². The fourth-order valence-electron chi connectivity index (χ4n) is 4.57. The third kappa shape index (κ3) is 9.23. The van der Waals surface area contributed by atoms with E-state index in [0.717, 1.165) is 5.56 Å². The number of aryl methyl sites for hydroxylation is 1. The first-order valence-electron chi connectivity index (χ1n) is 14.1. The van der Waals surface area contributed by atoms with Gasteiger partial charge in [0.25, 0.3) is 5.91 Å². The number of carbonyl (C=O) groups is 4. The third-order valence-corrected chi connectivity index (χ3v) is 6.87. The number of hydrogen-bond donors (Lipinski definition) is 2. The quantitative estimate of drug-likeness (QED) is 0.508. The summed E-state index contributed by atoms with van der Waals surface area (Å²) in [7, 11) is 1.59. The maximum absolute atomic E-state index is 13.5. The van der Waals surface area contributed by atoms with Gasteiger partial charge in [-0.3, -0.25) is 19.2 Å². The highest BCUT2D eigenvalue weighted by Crippen LogP contribution is 2.19. The first-order valence-corrected chi connectivity index (χ1v) is 14.1. The monoisotopic (exact) mass is 566 g/mol. The van der Waals surface area contributed by atoms with Gasteiger partial charge in [0.1, 0.15) is 36.8 Å². The highest BCUT2D eigenvalue weighted by atomic mass is 16.5. The zero-order chi connectivity index (χ0) is 29.9. The minimum Gasteiger partial charge on any atom is -0.492 e. The van der Waals surface area contributed by atoms with Crippen LogP contribution in [0, 0.1) is 12.8 Å². The van der Waals surface area contributed by atoms with Crippen LogP contribution in [-0.4, -0.2) is 85.4 Å². The average molecular weight is 567 g/mol. The second-order valence-electron chi connectivity index (χ2n) is 10.7. The molecule has 0 unspecified atom stereocenters. The van der Waals surface area contributed by atoms with Crippen LogP contribution in [0.4, 0.5) is 0 Å². The van der Waals surface area contributed by atoms with Gasteiger partial charge in [0.05, 0.1) is 25.1 Å². The Balaban J connectivity index is 1.83. The molecule has 0 fully saturated rings. The molecule has 10 nitrogen and oxygen atoms in total.